The normalized spacial score (nSPS) is 12.8. The average Bonchev–Trinajstić information content (AvgIpc) is 3.10. The number of thiazole rings is 1. The van der Waals surface area contributed by atoms with Crippen molar-refractivity contribution in [3.05, 3.63) is 70.0 Å². The van der Waals surface area contributed by atoms with Crippen LogP contribution in [0.4, 0.5) is 0 Å². The lowest BCUT2D eigenvalue weighted by Crippen LogP contribution is -2.11. The molecule has 0 bridgehead atoms. The van der Waals surface area contributed by atoms with Crippen LogP contribution in [-0.4, -0.2) is 4.98 Å². The zero-order valence-corrected chi connectivity index (χ0v) is 16.6. The summed E-state index contributed by atoms with van der Waals surface area (Å²) in [6.45, 7) is 9.13. The van der Waals surface area contributed by atoms with E-state index in [1.165, 1.54) is 5.56 Å². The molecule has 1 atom stereocenters. The highest BCUT2D eigenvalue weighted by Crippen LogP contribution is 2.36. The topological polar surface area (TPSA) is 48.1 Å². The summed E-state index contributed by atoms with van der Waals surface area (Å²) in [7, 11) is 0. The van der Waals surface area contributed by atoms with Crippen LogP contribution in [-0.2, 0) is 12.0 Å². The van der Waals surface area contributed by atoms with Crippen molar-refractivity contribution in [2.45, 2.75) is 45.8 Å². The Morgan fingerprint density at radius 1 is 1.12 bits per heavy atom. The summed E-state index contributed by atoms with van der Waals surface area (Å²) in [6.07, 6.45) is 0. The summed E-state index contributed by atoms with van der Waals surface area (Å²) in [6, 6.07) is 16.5. The van der Waals surface area contributed by atoms with Gasteiger partial charge in [0.2, 0.25) is 0 Å². The third-order valence-corrected chi connectivity index (χ3v) is 5.32. The van der Waals surface area contributed by atoms with Gasteiger partial charge in [0.05, 0.1) is 11.7 Å². The number of ether oxygens (including phenoxy) is 1. The van der Waals surface area contributed by atoms with E-state index in [9.17, 15) is 0 Å². The number of aromatic nitrogens is 1. The molecular formula is C22H26N2OS. The zero-order chi connectivity index (χ0) is 18.7. The van der Waals surface area contributed by atoms with Gasteiger partial charge in [0, 0.05) is 10.9 Å². The molecule has 0 saturated heterocycles. The second-order valence-corrected chi connectivity index (χ2v) is 8.48. The van der Waals surface area contributed by atoms with Crippen LogP contribution in [0.5, 0.6) is 5.75 Å². The molecule has 0 aliphatic rings. The predicted molar refractivity (Wildman–Crippen MR) is 110 cm³/mol. The number of hydrogen-bond donors (Lipinski definition) is 1. The van der Waals surface area contributed by atoms with Crippen LogP contribution in [0.2, 0.25) is 0 Å². The van der Waals surface area contributed by atoms with Gasteiger partial charge in [-0.2, -0.15) is 0 Å². The minimum absolute atomic E-state index is 0.0618. The molecule has 0 saturated carbocycles. The lowest BCUT2D eigenvalue weighted by Gasteiger charge is -2.21. The first-order valence-electron chi connectivity index (χ1n) is 8.87. The third-order valence-electron chi connectivity index (χ3n) is 4.27. The summed E-state index contributed by atoms with van der Waals surface area (Å²) in [5, 5.41) is 3.01. The van der Waals surface area contributed by atoms with Crippen molar-refractivity contribution in [2.75, 3.05) is 0 Å². The lowest BCUT2D eigenvalue weighted by atomic mass is 9.86. The van der Waals surface area contributed by atoms with Gasteiger partial charge in [-0.15, -0.1) is 11.3 Å². The smallest absolute Gasteiger partial charge is 0.129 e. The fourth-order valence-corrected chi connectivity index (χ4v) is 3.46. The molecule has 0 aliphatic heterocycles. The Labute approximate surface area is 159 Å². The summed E-state index contributed by atoms with van der Waals surface area (Å²) in [5.41, 5.74) is 10.4. The molecule has 0 radical (unpaired) electrons. The van der Waals surface area contributed by atoms with Gasteiger partial charge in [-0.3, -0.25) is 0 Å². The van der Waals surface area contributed by atoms with Gasteiger partial charge < -0.3 is 10.5 Å². The maximum atomic E-state index is 6.15. The number of nitrogens with zero attached hydrogens (tertiary/aromatic N) is 1. The quantitative estimate of drug-likeness (QED) is 0.629. The molecule has 1 heterocycles. The van der Waals surface area contributed by atoms with E-state index in [0.717, 1.165) is 27.6 Å². The zero-order valence-electron chi connectivity index (χ0n) is 15.8. The van der Waals surface area contributed by atoms with E-state index < -0.39 is 0 Å². The predicted octanol–water partition coefficient (Wildman–Crippen LogP) is 5.71. The molecule has 4 heteroatoms. The van der Waals surface area contributed by atoms with Gasteiger partial charge in [0.15, 0.2) is 0 Å². The average molecular weight is 367 g/mol. The standard InChI is InChI=1S/C22H26N2OS/c1-15(23)21-24-19(14-26-21)18-12-17(22(2,3)4)10-11-20(18)25-13-16-8-6-5-7-9-16/h5-12,14-15H,13,23H2,1-4H3. The Kier molecular flexibility index (Phi) is 5.44. The van der Waals surface area contributed by atoms with E-state index in [0.29, 0.717) is 6.61 Å². The number of rotatable bonds is 5. The molecule has 0 aliphatic carbocycles. The Hall–Kier alpha value is -2.17. The summed E-state index contributed by atoms with van der Waals surface area (Å²) in [4.78, 5) is 4.73. The highest BCUT2D eigenvalue weighted by atomic mass is 32.1. The molecule has 3 rings (SSSR count). The lowest BCUT2D eigenvalue weighted by molar-refractivity contribution is 0.307. The van der Waals surface area contributed by atoms with Gasteiger partial charge in [-0.05, 0) is 35.6 Å². The second-order valence-electron chi connectivity index (χ2n) is 7.59. The molecule has 2 aromatic carbocycles. The first kappa shape index (κ1) is 18.6. The minimum atomic E-state index is -0.0618. The third kappa shape index (κ3) is 4.32. The molecule has 3 aromatic rings. The highest BCUT2D eigenvalue weighted by Gasteiger charge is 2.19. The molecule has 3 nitrogen and oxygen atoms in total. The summed E-state index contributed by atoms with van der Waals surface area (Å²) in [5.74, 6) is 0.850. The molecule has 136 valence electrons. The largest absolute Gasteiger partial charge is 0.488 e. The van der Waals surface area contributed by atoms with Gasteiger partial charge in [-0.25, -0.2) is 4.98 Å². The Morgan fingerprint density at radius 3 is 2.46 bits per heavy atom. The number of benzene rings is 2. The fourth-order valence-electron chi connectivity index (χ4n) is 2.68. The van der Waals surface area contributed by atoms with E-state index in [1.807, 2.05) is 25.1 Å². The number of hydrogen-bond acceptors (Lipinski definition) is 4. The minimum Gasteiger partial charge on any atom is -0.488 e. The molecule has 0 amide bonds. The molecule has 1 unspecified atom stereocenters. The molecular weight excluding hydrogens is 340 g/mol. The second kappa shape index (κ2) is 7.60. The van der Waals surface area contributed by atoms with E-state index >= 15 is 0 Å². The Morgan fingerprint density at radius 2 is 1.85 bits per heavy atom. The molecule has 26 heavy (non-hydrogen) atoms. The Balaban J connectivity index is 1.96. The summed E-state index contributed by atoms with van der Waals surface area (Å²) >= 11 is 1.60. The Bertz CT molecular complexity index is 863. The van der Waals surface area contributed by atoms with Crippen molar-refractivity contribution in [2.24, 2.45) is 5.73 Å². The van der Waals surface area contributed by atoms with E-state index in [2.05, 4.69) is 56.5 Å². The van der Waals surface area contributed by atoms with E-state index in [-0.39, 0.29) is 11.5 Å². The van der Waals surface area contributed by atoms with Gasteiger partial charge >= 0.3 is 0 Å². The maximum Gasteiger partial charge on any atom is 0.129 e. The van der Waals surface area contributed by atoms with E-state index in [4.69, 9.17) is 15.5 Å². The van der Waals surface area contributed by atoms with Crippen LogP contribution < -0.4 is 10.5 Å². The van der Waals surface area contributed by atoms with Crippen molar-refractivity contribution >= 4 is 11.3 Å². The molecule has 2 N–H and O–H groups in total. The maximum absolute atomic E-state index is 6.15. The van der Waals surface area contributed by atoms with Crippen molar-refractivity contribution in [3.63, 3.8) is 0 Å². The molecule has 0 fully saturated rings. The monoisotopic (exact) mass is 366 g/mol. The van der Waals surface area contributed by atoms with Crippen LogP contribution in [0.1, 0.15) is 49.9 Å². The van der Waals surface area contributed by atoms with Gasteiger partial charge in [0.1, 0.15) is 17.4 Å². The van der Waals surface area contributed by atoms with Gasteiger partial charge in [-0.1, -0.05) is 57.2 Å². The van der Waals surface area contributed by atoms with Crippen LogP contribution in [0, 0.1) is 0 Å². The van der Waals surface area contributed by atoms with Crippen molar-refractivity contribution in [3.8, 4) is 17.0 Å². The van der Waals surface area contributed by atoms with Crippen molar-refractivity contribution < 1.29 is 4.74 Å². The van der Waals surface area contributed by atoms with Crippen molar-refractivity contribution in [1.82, 2.24) is 4.98 Å². The van der Waals surface area contributed by atoms with Crippen LogP contribution in [0.15, 0.2) is 53.9 Å². The van der Waals surface area contributed by atoms with Crippen LogP contribution in [0.25, 0.3) is 11.3 Å². The van der Waals surface area contributed by atoms with Crippen LogP contribution >= 0.6 is 11.3 Å². The van der Waals surface area contributed by atoms with E-state index in [1.54, 1.807) is 11.3 Å². The SMILES string of the molecule is CC(N)c1nc(-c2cc(C(C)(C)C)ccc2OCc2ccccc2)cs1. The van der Waals surface area contributed by atoms with Crippen LogP contribution in [0.3, 0.4) is 0 Å². The fraction of sp³-hybridized carbons (Fsp3) is 0.318. The first-order valence-corrected chi connectivity index (χ1v) is 9.75. The molecule has 0 spiro atoms. The summed E-state index contributed by atoms with van der Waals surface area (Å²) < 4.78 is 6.15. The number of nitrogens with two attached hydrogens (primary N) is 1. The van der Waals surface area contributed by atoms with Gasteiger partial charge in [0.25, 0.3) is 0 Å². The first-order chi connectivity index (χ1) is 12.3. The molecule has 1 aromatic heterocycles. The highest BCUT2D eigenvalue weighted by molar-refractivity contribution is 7.10. The van der Waals surface area contributed by atoms with Crippen molar-refractivity contribution in [1.29, 1.82) is 0 Å².